The SMILES string of the molecule is CC1CC(Nc2ccccc2C(N)=O)CCN1. The van der Waals surface area contributed by atoms with E-state index < -0.39 is 0 Å². The monoisotopic (exact) mass is 233 g/mol. The molecule has 17 heavy (non-hydrogen) atoms. The molecule has 4 nitrogen and oxygen atoms in total. The average molecular weight is 233 g/mol. The zero-order valence-electron chi connectivity index (χ0n) is 10.1. The predicted octanol–water partition coefficient (Wildman–Crippen LogP) is 1.34. The van der Waals surface area contributed by atoms with Crippen LogP contribution in [0.4, 0.5) is 5.69 Å². The molecule has 2 atom stereocenters. The molecule has 1 aromatic rings. The second kappa shape index (κ2) is 5.19. The highest BCUT2D eigenvalue weighted by Crippen LogP contribution is 2.19. The van der Waals surface area contributed by atoms with Crippen LogP contribution in [0.5, 0.6) is 0 Å². The summed E-state index contributed by atoms with van der Waals surface area (Å²) in [6, 6.07) is 8.34. The number of carbonyl (C=O) groups is 1. The van der Waals surface area contributed by atoms with Gasteiger partial charge in [0, 0.05) is 17.8 Å². The van der Waals surface area contributed by atoms with Crippen molar-refractivity contribution in [1.29, 1.82) is 0 Å². The lowest BCUT2D eigenvalue weighted by Crippen LogP contribution is -2.41. The maximum atomic E-state index is 11.3. The van der Waals surface area contributed by atoms with Gasteiger partial charge in [-0.25, -0.2) is 0 Å². The highest BCUT2D eigenvalue weighted by molar-refractivity contribution is 5.98. The van der Waals surface area contributed by atoms with Crippen LogP contribution in [0.3, 0.4) is 0 Å². The van der Waals surface area contributed by atoms with Crippen molar-refractivity contribution in [2.45, 2.75) is 31.8 Å². The molecule has 0 radical (unpaired) electrons. The molecule has 2 unspecified atom stereocenters. The fraction of sp³-hybridized carbons (Fsp3) is 0.462. The van der Waals surface area contributed by atoms with E-state index in [0.29, 0.717) is 17.6 Å². The number of anilines is 1. The third-order valence-corrected chi connectivity index (χ3v) is 3.18. The number of nitrogens with one attached hydrogen (secondary N) is 2. The summed E-state index contributed by atoms with van der Waals surface area (Å²) in [5.41, 5.74) is 6.77. The minimum Gasteiger partial charge on any atom is -0.382 e. The molecule has 1 fully saturated rings. The van der Waals surface area contributed by atoms with Gasteiger partial charge in [-0.2, -0.15) is 0 Å². The quantitative estimate of drug-likeness (QED) is 0.738. The van der Waals surface area contributed by atoms with Crippen molar-refractivity contribution in [3.63, 3.8) is 0 Å². The van der Waals surface area contributed by atoms with Gasteiger partial charge in [0.2, 0.25) is 0 Å². The molecule has 1 aliphatic heterocycles. The summed E-state index contributed by atoms with van der Waals surface area (Å²) in [5, 5.41) is 6.82. The van der Waals surface area contributed by atoms with Crippen LogP contribution in [0.1, 0.15) is 30.1 Å². The minimum absolute atomic E-state index is 0.380. The van der Waals surface area contributed by atoms with Crippen LogP contribution in [0, 0.1) is 0 Å². The number of benzene rings is 1. The van der Waals surface area contributed by atoms with Crippen LogP contribution in [-0.2, 0) is 0 Å². The highest BCUT2D eigenvalue weighted by Gasteiger charge is 2.19. The van der Waals surface area contributed by atoms with E-state index in [2.05, 4.69) is 17.6 Å². The first-order valence-electron chi connectivity index (χ1n) is 6.05. The summed E-state index contributed by atoms with van der Waals surface area (Å²) >= 11 is 0. The van der Waals surface area contributed by atoms with Gasteiger partial charge in [-0.3, -0.25) is 4.79 Å². The van der Waals surface area contributed by atoms with Gasteiger partial charge in [-0.05, 0) is 38.4 Å². The Morgan fingerprint density at radius 3 is 2.94 bits per heavy atom. The van der Waals surface area contributed by atoms with E-state index in [0.717, 1.165) is 25.1 Å². The van der Waals surface area contributed by atoms with E-state index in [1.165, 1.54) is 0 Å². The summed E-state index contributed by atoms with van der Waals surface area (Å²) in [4.78, 5) is 11.3. The van der Waals surface area contributed by atoms with Crippen molar-refractivity contribution in [3.8, 4) is 0 Å². The molecule has 0 spiro atoms. The summed E-state index contributed by atoms with van der Waals surface area (Å²) < 4.78 is 0. The van der Waals surface area contributed by atoms with E-state index in [1.807, 2.05) is 18.2 Å². The van der Waals surface area contributed by atoms with Gasteiger partial charge in [0.15, 0.2) is 0 Å². The summed E-state index contributed by atoms with van der Waals surface area (Å²) in [6.07, 6.45) is 2.13. The van der Waals surface area contributed by atoms with Crippen LogP contribution >= 0.6 is 0 Å². The smallest absolute Gasteiger partial charge is 0.250 e. The lowest BCUT2D eigenvalue weighted by molar-refractivity contribution is 0.100. The number of carbonyl (C=O) groups excluding carboxylic acids is 1. The zero-order chi connectivity index (χ0) is 12.3. The Morgan fingerprint density at radius 2 is 2.24 bits per heavy atom. The normalized spacial score (nSPS) is 24.3. The molecular formula is C13H19N3O. The molecule has 1 amide bonds. The van der Waals surface area contributed by atoms with Crippen LogP contribution < -0.4 is 16.4 Å². The molecule has 1 aromatic carbocycles. The first-order valence-corrected chi connectivity index (χ1v) is 6.05. The summed E-state index contributed by atoms with van der Waals surface area (Å²) in [6.45, 7) is 3.19. The van der Waals surface area contributed by atoms with Crippen molar-refractivity contribution < 1.29 is 4.79 Å². The average Bonchev–Trinajstić information content (AvgIpc) is 2.29. The summed E-state index contributed by atoms with van der Waals surface area (Å²) in [7, 11) is 0. The number of piperidine rings is 1. The Labute approximate surface area is 102 Å². The van der Waals surface area contributed by atoms with Crippen LogP contribution in [-0.4, -0.2) is 24.5 Å². The number of rotatable bonds is 3. The molecule has 2 rings (SSSR count). The first-order chi connectivity index (χ1) is 8.16. The lowest BCUT2D eigenvalue weighted by atomic mass is 10.00. The van der Waals surface area contributed by atoms with Gasteiger partial charge < -0.3 is 16.4 Å². The topological polar surface area (TPSA) is 67.1 Å². The molecule has 0 aromatic heterocycles. The molecule has 1 heterocycles. The second-order valence-electron chi connectivity index (χ2n) is 4.63. The van der Waals surface area contributed by atoms with E-state index in [1.54, 1.807) is 6.07 Å². The second-order valence-corrected chi connectivity index (χ2v) is 4.63. The Morgan fingerprint density at radius 1 is 1.47 bits per heavy atom. The molecular weight excluding hydrogens is 214 g/mol. The van der Waals surface area contributed by atoms with E-state index >= 15 is 0 Å². The largest absolute Gasteiger partial charge is 0.382 e. The predicted molar refractivity (Wildman–Crippen MR) is 69.1 cm³/mol. The van der Waals surface area contributed by atoms with Crippen molar-refractivity contribution in [2.75, 3.05) is 11.9 Å². The molecule has 1 aliphatic rings. The molecule has 0 aliphatic carbocycles. The summed E-state index contributed by atoms with van der Waals surface area (Å²) in [5.74, 6) is -0.380. The molecule has 4 heteroatoms. The van der Waals surface area contributed by atoms with Crippen LogP contribution in [0.2, 0.25) is 0 Å². The van der Waals surface area contributed by atoms with Gasteiger partial charge >= 0.3 is 0 Å². The van der Waals surface area contributed by atoms with Gasteiger partial charge in [0.25, 0.3) is 5.91 Å². The minimum atomic E-state index is -0.380. The number of primary amides is 1. The molecule has 1 saturated heterocycles. The van der Waals surface area contributed by atoms with Crippen molar-refractivity contribution in [2.24, 2.45) is 5.73 Å². The van der Waals surface area contributed by atoms with Gasteiger partial charge in [0.05, 0.1) is 5.56 Å². The van der Waals surface area contributed by atoms with E-state index in [-0.39, 0.29) is 5.91 Å². The van der Waals surface area contributed by atoms with Crippen LogP contribution in [0.25, 0.3) is 0 Å². The van der Waals surface area contributed by atoms with Gasteiger partial charge in [-0.1, -0.05) is 12.1 Å². The third kappa shape index (κ3) is 2.97. The Hall–Kier alpha value is -1.55. The van der Waals surface area contributed by atoms with E-state index in [4.69, 9.17) is 5.73 Å². The Balaban J connectivity index is 2.10. The Kier molecular flexibility index (Phi) is 3.64. The van der Waals surface area contributed by atoms with Crippen molar-refractivity contribution >= 4 is 11.6 Å². The molecule has 4 N–H and O–H groups in total. The number of para-hydroxylation sites is 1. The molecule has 0 saturated carbocycles. The van der Waals surface area contributed by atoms with Gasteiger partial charge in [0.1, 0.15) is 0 Å². The van der Waals surface area contributed by atoms with Crippen molar-refractivity contribution in [1.82, 2.24) is 5.32 Å². The third-order valence-electron chi connectivity index (χ3n) is 3.18. The highest BCUT2D eigenvalue weighted by atomic mass is 16.1. The fourth-order valence-electron chi connectivity index (χ4n) is 2.31. The fourth-order valence-corrected chi connectivity index (χ4v) is 2.31. The number of hydrogen-bond donors (Lipinski definition) is 3. The zero-order valence-corrected chi connectivity index (χ0v) is 10.1. The Bertz CT molecular complexity index is 405. The lowest BCUT2D eigenvalue weighted by Gasteiger charge is -2.29. The maximum Gasteiger partial charge on any atom is 0.250 e. The maximum absolute atomic E-state index is 11.3. The van der Waals surface area contributed by atoms with E-state index in [9.17, 15) is 4.79 Å². The number of nitrogens with two attached hydrogens (primary N) is 1. The first kappa shape index (κ1) is 11.9. The van der Waals surface area contributed by atoms with Crippen LogP contribution in [0.15, 0.2) is 24.3 Å². The standard InChI is InChI=1S/C13H19N3O/c1-9-8-10(6-7-15-9)16-12-5-3-2-4-11(12)13(14)17/h2-5,9-10,15-16H,6-8H2,1H3,(H2,14,17). The number of hydrogen-bond acceptors (Lipinski definition) is 3. The van der Waals surface area contributed by atoms with Gasteiger partial charge in [-0.15, -0.1) is 0 Å². The number of amides is 1. The molecule has 0 bridgehead atoms. The van der Waals surface area contributed by atoms with Crippen molar-refractivity contribution in [3.05, 3.63) is 29.8 Å². The molecule has 92 valence electrons.